The molecule has 0 fully saturated rings. The normalized spacial score (nSPS) is 10.2. The third-order valence-corrected chi connectivity index (χ3v) is 3.64. The summed E-state index contributed by atoms with van der Waals surface area (Å²) >= 11 is 1.64. The van der Waals surface area contributed by atoms with Crippen LogP contribution in [0.15, 0.2) is 53.5 Å². The van der Waals surface area contributed by atoms with Gasteiger partial charge in [0.05, 0.1) is 5.69 Å². The van der Waals surface area contributed by atoms with Crippen LogP contribution in [0.4, 0.5) is 17.2 Å². The van der Waals surface area contributed by atoms with E-state index >= 15 is 0 Å². The maximum atomic E-state index is 11.0. The molecule has 0 aliphatic heterocycles. The maximum Gasteiger partial charge on any atom is 0.221 e. The summed E-state index contributed by atoms with van der Waals surface area (Å²) in [5.41, 5.74) is 3.62. The van der Waals surface area contributed by atoms with Gasteiger partial charge in [0.2, 0.25) is 5.91 Å². The van der Waals surface area contributed by atoms with E-state index < -0.39 is 0 Å². The molecular weight excluding hydrogens is 296 g/mol. The summed E-state index contributed by atoms with van der Waals surface area (Å²) in [5.74, 6) is 0.639. The molecule has 0 spiro atoms. The van der Waals surface area contributed by atoms with Gasteiger partial charge in [-0.3, -0.25) is 4.79 Å². The van der Waals surface area contributed by atoms with Crippen molar-refractivity contribution in [2.45, 2.75) is 6.92 Å². The maximum absolute atomic E-state index is 11.0. The summed E-state index contributed by atoms with van der Waals surface area (Å²) in [4.78, 5) is 19.5. The number of carbonyl (C=O) groups is 1. The lowest BCUT2D eigenvalue weighted by molar-refractivity contribution is -0.114. The second kappa shape index (κ2) is 6.36. The van der Waals surface area contributed by atoms with Crippen molar-refractivity contribution >= 4 is 34.4 Å². The first-order chi connectivity index (χ1) is 10.7. The number of rotatable bonds is 4. The molecule has 6 heteroatoms. The lowest BCUT2D eigenvalue weighted by Crippen LogP contribution is -2.05. The molecule has 0 atom stereocenters. The molecule has 0 saturated heterocycles. The Morgan fingerprint density at radius 3 is 2.55 bits per heavy atom. The van der Waals surface area contributed by atoms with Gasteiger partial charge in [-0.25, -0.2) is 9.97 Å². The third kappa shape index (κ3) is 3.48. The molecule has 0 unspecified atom stereocenters. The number of hydrogen-bond donors (Lipinski definition) is 2. The van der Waals surface area contributed by atoms with Gasteiger partial charge in [0.25, 0.3) is 0 Å². The van der Waals surface area contributed by atoms with Gasteiger partial charge >= 0.3 is 0 Å². The number of hydrogen-bond acceptors (Lipinski definition) is 5. The van der Waals surface area contributed by atoms with Crippen LogP contribution in [-0.2, 0) is 4.79 Å². The molecule has 3 aromatic rings. The van der Waals surface area contributed by atoms with Crippen LogP contribution in [0.3, 0.4) is 0 Å². The fourth-order valence-electron chi connectivity index (χ4n) is 1.98. The van der Waals surface area contributed by atoms with E-state index in [1.165, 1.54) is 6.92 Å². The van der Waals surface area contributed by atoms with Crippen molar-refractivity contribution < 1.29 is 4.79 Å². The first-order valence-corrected chi connectivity index (χ1v) is 7.64. The Bertz CT molecular complexity index is 769. The molecule has 2 aromatic heterocycles. The predicted molar refractivity (Wildman–Crippen MR) is 89.4 cm³/mol. The molecule has 0 radical (unpaired) electrons. The summed E-state index contributed by atoms with van der Waals surface area (Å²) < 4.78 is 0. The Balaban J connectivity index is 1.76. The summed E-state index contributed by atoms with van der Waals surface area (Å²) in [6.45, 7) is 1.49. The third-order valence-electron chi connectivity index (χ3n) is 2.96. The average Bonchev–Trinajstić information content (AvgIpc) is 3.03. The van der Waals surface area contributed by atoms with Crippen LogP contribution in [0.2, 0.25) is 0 Å². The number of nitrogens with zero attached hydrogens (tertiary/aromatic N) is 2. The van der Waals surface area contributed by atoms with E-state index in [-0.39, 0.29) is 5.91 Å². The minimum atomic E-state index is -0.0862. The van der Waals surface area contributed by atoms with Gasteiger partial charge in [-0.2, -0.15) is 11.3 Å². The summed E-state index contributed by atoms with van der Waals surface area (Å²) in [6.07, 6.45) is 1.54. The average molecular weight is 310 g/mol. The number of anilines is 3. The standard InChI is InChI=1S/C16H14N4OS/c1-11(21)19-13-2-4-14(5-3-13)20-16-8-15(17-10-18-16)12-6-7-22-9-12/h2-10H,1H3,(H,19,21)(H,17,18,20). The molecule has 110 valence electrons. The highest BCUT2D eigenvalue weighted by atomic mass is 32.1. The first-order valence-electron chi connectivity index (χ1n) is 6.70. The van der Waals surface area contributed by atoms with E-state index in [9.17, 15) is 4.79 Å². The zero-order valence-corrected chi connectivity index (χ0v) is 12.7. The van der Waals surface area contributed by atoms with Crippen LogP contribution in [-0.4, -0.2) is 15.9 Å². The quantitative estimate of drug-likeness (QED) is 0.767. The zero-order chi connectivity index (χ0) is 15.4. The number of nitrogens with one attached hydrogen (secondary N) is 2. The Kier molecular flexibility index (Phi) is 4.11. The minimum Gasteiger partial charge on any atom is -0.340 e. The van der Waals surface area contributed by atoms with Gasteiger partial charge < -0.3 is 10.6 Å². The molecule has 1 aromatic carbocycles. The van der Waals surface area contributed by atoms with E-state index in [2.05, 4.69) is 20.6 Å². The second-order valence-electron chi connectivity index (χ2n) is 4.68. The van der Waals surface area contributed by atoms with E-state index in [1.54, 1.807) is 17.7 Å². The molecule has 0 bridgehead atoms. The Morgan fingerprint density at radius 1 is 1.09 bits per heavy atom. The molecule has 5 nitrogen and oxygen atoms in total. The molecule has 3 rings (SSSR count). The highest BCUT2D eigenvalue weighted by Crippen LogP contribution is 2.23. The van der Waals surface area contributed by atoms with E-state index in [4.69, 9.17) is 0 Å². The van der Waals surface area contributed by atoms with Gasteiger partial charge in [0.1, 0.15) is 12.1 Å². The largest absolute Gasteiger partial charge is 0.340 e. The number of aromatic nitrogens is 2. The van der Waals surface area contributed by atoms with Crippen molar-refractivity contribution in [2.75, 3.05) is 10.6 Å². The van der Waals surface area contributed by atoms with Crippen LogP contribution < -0.4 is 10.6 Å². The predicted octanol–water partition coefficient (Wildman–Crippen LogP) is 3.91. The lowest BCUT2D eigenvalue weighted by Gasteiger charge is -2.08. The topological polar surface area (TPSA) is 66.9 Å². The Morgan fingerprint density at radius 2 is 1.86 bits per heavy atom. The highest BCUT2D eigenvalue weighted by molar-refractivity contribution is 7.08. The SMILES string of the molecule is CC(=O)Nc1ccc(Nc2cc(-c3ccsc3)ncn2)cc1. The van der Waals surface area contributed by atoms with Gasteiger partial charge in [-0.1, -0.05) is 0 Å². The monoisotopic (exact) mass is 310 g/mol. The zero-order valence-electron chi connectivity index (χ0n) is 11.9. The van der Waals surface area contributed by atoms with Gasteiger partial charge in [0, 0.05) is 35.3 Å². The first kappa shape index (κ1) is 14.2. The summed E-state index contributed by atoms with van der Waals surface area (Å²) in [6, 6.07) is 11.4. The fraction of sp³-hybridized carbons (Fsp3) is 0.0625. The smallest absolute Gasteiger partial charge is 0.221 e. The van der Waals surface area contributed by atoms with E-state index in [0.717, 1.165) is 28.5 Å². The Hall–Kier alpha value is -2.73. The molecule has 0 saturated carbocycles. The molecule has 2 N–H and O–H groups in total. The number of amides is 1. The number of carbonyl (C=O) groups excluding carboxylic acids is 1. The molecule has 0 aliphatic carbocycles. The van der Waals surface area contributed by atoms with Crippen LogP contribution >= 0.6 is 11.3 Å². The lowest BCUT2D eigenvalue weighted by atomic mass is 10.2. The van der Waals surface area contributed by atoms with Gasteiger partial charge in [-0.15, -0.1) is 0 Å². The number of thiophene rings is 1. The van der Waals surface area contributed by atoms with Gasteiger partial charge in [-0.05, 0) is 35.7 Å². The van der Waals surface area contributed by atoms with Crippen molar-refractivity contribution in [1.29, 1.82) is 0 Å². The van der Waals surface area contributed by atoms with Crippen LogP contribution in [0.5, 0.6) is 0 Å². The van der Waals surface area contributed by atoms with Crippen molar-refractivity contribution in [2.24, 2.45) is 0 Å². The van der Waals surface area contributed by atoms with Crippen molar-refractivity contribution in [3.63, 3.8) is 0 Å². The molecular formula is C16H14N4OS. The molecule has 1 amide bonds. The van der Waals surface area contributed by atoms with Crippen LogP contribution in [0.25, 0.3) is 11.3 Å². The summed E-state index contributed by atoms with van der Waals surface area (Å²) in [7, 11) is 0. The van der Waals surface area contributed by atoms with Crippen LogP contribution in [0.1, 0.15) is 6.92 Å². The molecule has 0 aliphatic rings. The van der Waals surface area contributed by atoms with E-state index in [0.29, 0.717) is 0 Å². The summed E-state index contributed by atoms with van der Waals surface area (Å²) in [5, 5.41) is 10.0. The van der Waals surface area contributed by atoms with Crippen molar-refractivity contribution in [1.82, 2.24) is 9.97 Å². The Labute approximate surface area is 132 Å². The van der Waals surface area contributed by atoms with Crippen molar-refractivity contribution in [3.05, 3.63) is 53.5 Å². The number of benzene rings is 1. The van der Waals surface area contributed by atoms with Crippen LogP contribution in [0, 0.1) is 0 Å². The minimum absolute atomic E-state index is 0.0862. The van der Waals surface area contributed by atoms with Gasteiger partial charge in [0.15, 0.2) is 0 Å². The fourth-order valence-corrected chi connectivity index (χ4v) is 2.63. The molecule has 22 heavy (non-hydrogen) atoms. The molecule has 2 heterocycles. The van der Waals surface area contributed by atoms with E-state index in [1.807, 2.05) is 47.2 Å². The van der Waals surface area contributed by atoms with Crippen molar-refractivity contribution in [3.8, 4) is 11.3 Å². The second-order valence-corrected chi connectivity index (χ2v) is 5.46. The highest BCUT2D eigenvalue weighted by Gasteiger charge is 2.03.